The highest BCUT2D eigenvalue weighted by Crippen LogP contribution is 2.28. The van der Waals surface area contributed by atoms with Crippen molar-refractivity contribution in [1.29, 1.82) is 0 Å². The number of primary sulfonamides is 1. The molecule has 0 fully saturated rings. The molecule has 114 valence electrons. The van der Waals surface area contributed by atoms with Crippen molar-refractivity contribution in [2.24, 2.45) is 10.6 Å². The molecular weight excluding hydrogens is 278 g/mol. The second-order valence-corrected chi connectivity index (χ2v) is 7.05. The molecule has 0 atom stereocenters. The molecule has 0 aliphatic carbocycles. The first kappa shape index (κ1) is 16.7. The molecule has 0 aliphatic heterocycles. The molecule has 0 bridgehead atoms. The van der Waals surface area contributed by atoms with Crippen molar-refractivity contribution in [3.63, 3.8) is 0 Å². The third-order valence-corrected chi connectivity index (χ3v) is 4.08. The fraction of sp³-hybridized carbons (Fsp3) is 0.538. The van der Waals surface area contributed by atoms with Crippen LogP contribution < -0.4 is 16.2 Å². The second kappa shape index (κ2) is 6.43. The normalized spacial score (nSPS) is 12.4. The summed E-state index contributed by atoms with van der Waals surface area (Å²) in [6, 6.07) is 4.74. The number of benzene rings is 1. The number of hydrogen-bond donors (Lipinski definition) is 3. The molecule has 0 saturated heterocycles. The lowest BCUT2D eigenvalue weighted by Crippen LogP contribution is -2.25. The quantitative estimate of drug-likeness (QED) is 0.660. The van der Waals surface area contributed by atoms with Crippen LogP contribution in [0.25, 0.3) is 0 Å². The number of hydrogen-bond acceptors (Lipinski definition) is 5. The predicted molar refractivity (Wildman–Crippen MR) is 81.0 cm³/mol. The van der Waals surface area contributed by atoms with Crippen LogP contribution in [0.1, 0.15) is 20.3 Å². The molecule has 0 unspecified atom stereocenters. The standard InChI is InChI=1S/C13H23N3O3S/c1-13(2,7-8-19-3)9-16-10-5-4-6-11(12(10)14)20(15,17)18/h4-6,16H,7-9,14H2,1-3H3,(H2,15,17,18). The maximum Gasteiger partial charge on any atom is 0.240 e. The molecule has 0 heterocycles. The highest BCUT2D eigenvalue weighted by molar-refractivity contribution is 7.89. The average molecular weight is 301 g/mol. The molecule has 5 N–H and O–H groups in total. The summed E-state index contributed by atoms with van der Waals surface area (Å²) < 4.78 is 27.9. The van der Waals surface area contributed by atoms with Gasteiger partial charge in [-0.3, -0.25) is 0 Å². The fourth-order valence-corrected chi connectivity index (χ4v) is 2.43. The molecule has 0 spiro atoms. The molecule has 1 rings (SSSR count). The zero-order valence-electron chi connectivity index (χ0n) is 12.1. The average Bonchev–Trinajstić information content (AvgIpc) is 2.34. The lowest BCUT2D eigenvalue weighted by Gasteiger charge is -2.25. The molecule has 0 aliphatic rings. The smallest absolute Gasteiger partial charge is 0.240 e. The Hall–Kier alpha value is -1.31. The van der Waals surface area contributed by atoms with Crippen LogP contribution in [0.15, 0.2) is 23.1 Å². The van der Waals surface area contributed by atoms with E-state index in [1.54, 1.807) is 19.2 Å². The summed E-state index contributed by atoms with van der Waals surface area (Å²) >= 11 is 0. The Bertz CT molecular complexity index is 556. The van der Waals surface area contributed by atoms with Gasteiger partial charge in [0.2, 0.25) is 10.0 Å². The highest BCUT2D eigenvalue weighted by Gasteiger charge is 2.19. The number of ether oxygens (including phenoxy) is 1. The van der Waals surface area contributed by atoms with Crippen molar-refractivity contribution in [1.82, 2.24) is 0 Å². The highest BCUT2D eigenvalue weighted by atomic mass is 32.2. The zero-order chi connectivity index (χ0) is 15.4. The third kappa shape index (κ3) is 4.66. The summed E-state index contributed by atoms with van der Waals surface area (Å²) in [5, 5.41) is 8.30. The number of sulfonamides is 1. The van der Waals surface area contributed by atoms with Gasteiger partial charge in [0.05, 0.1) is 11.4 Å². The van der Waals surface area contributed by atoms with Crippen LogP contribution in [0.4, 0.5) is 11.4 Å². The van der Waals surface area contributed by atoms with E-state index in [1.807, 2.05) is 0 Å². The van der Waals surface area contributed by atoms with Crippen molar-refractivity contribution < 1.29 is 13.2 Å². The van der Waals surface area contributed by atoms with Crippen molar-refractivity contribution in [2.45, 2.75) is 25.2 Å². The fourth-order valence-electron chi connectivity index (χ4n) is 1.75. The van der Waals surface area contributed by atoms with Gasteiger partial charge in [-0.2, -0.15) is 0 Å². The van der Waals surface area contributed by atoms with Crippen LogP contribution in [-0.4, -0.2) is 28.7 Å². The Morgan fingerprint density at radius 2 is 2.00 bits per heavy atom. The molecule has 7 heteroatoms. The maximum atomic E-state index is 11.4. The van der Waals surface area contributed by atoms with Gasteiger partial charge in [-0.1, -0.05) is 19.9 Å². The SMILES string of the molecule is COCCC(C)(C)CNc1cccc(S(N)(=O)=O)c1N. The summed E-state index contributed by atoms with van der Waals surface area (Å²) in [6.07, 6.45) is 0.880. The summed E-state index contributed by atoms with van der Waals surface area (Å²) in [6.45, 7) is 5.51. The zero-order valence-corrected chi connectivity index (χ0v) is 13.0. The van der Waals surface area contributed by atoms with E-state index in [9.17, 15) is 8.42 Å². The monoisotopic (exact) mass is 301 g/mol. The Labute approximate surface area is 120 Å². The van der Waals surface area contributed by atoms with Crippen molar-refractivity contribution in [3.8, 4) is 0 Å². The van der Waals surface area contributed by atoms with Gasteiger partial charge in [-0.15, -0.1) is 0 Å². The van der Waals surface area contributed by atoms with Gasteiger partial charge in [0.1, 0.15) is 4.90 Å². The number of anilines is 2. The number of rotatable bonds is 7. The lowest BCUT2D eigenvalue weighted by molar-refractivity contribution is 0.157. The topological polar surface area (TPSA) is 107 Å². The maximum absolute atomic E-state index is 11.4. The van der Waals surface area contributed by atoms with E-state index in [4.69, 9.17) is 15.6 Å². The van der Waals surface area contributed by atoms with Crippen LogP contribution in [0.5, 0.6) is 0 Å². The van der Waals surface area contributed by atoms with Crippen molar-refractivity contribution >= 4 is 21.4 Å². The molecule has 0 amide bonds. The first-order chi connectivity index (χ1) is 9.17. The van der Waals surface area contributed by atoms with Crippen molar-refractivity contribution in [3.05, 3.63) is 18.2 Å². The second-order valence-electron chi connectivity index (χ2n) is 5.52. The minimum Gasteiger partial charge on any atom is -0.396 e. The molecule has 0 radical (unpaired) electrons. The minimum absolute atomic E-state index is 0.0000441. The molecule has 1 aromatic rings. The number of nitrogen functional groups attached to an aromatic ring is 1. The molecule has 6 nitrogen and oxygen atoms in total. The van der Waals surface area contributed by atoms with Gasteiger partial charge in [0.25, 0.3) is 0 Å². The minimum atomic E-state index is -3.81. The Morgan fingerprint density at radius 1 is 1.35 bits per heavy atom. The van der Waals surface area contributed by atoms with Crippen LogP contribution in [0, 0.1) is 5.41 Å². The van der Waals surface area contributed by atoms with Crippen LogP contribution in [0.2, 0.25) is 0 Å². The number of nitrogens with one attached hydrogen (secondary N) is 1. The van der Waals surface area contributed by atoms with E-state index in [-0.39, 0.29) is 16.0 Å². The molecule has 1 aromatic carbocycles. The van der Waals surface area contributed by atoms with Gasteiger partial charge in [-0.25, -0.2) is 13.6 Å². The van der Waals surface area contributed by atoms with Gasteiger partial charge in [-0.05, 0) is 24.0 Å². The summed E-state index contributed by atoms with van der Waals surface area (Å²) in [4.78, 5) is -0.0582. The first-order valence-electron chi connectivity index (χ1n) is 6.31. The molecular formula is C13H23N3O3S. The Morgan fingerprint density at radius 3 is 2.55 bits per heavy atom. The van der Waals surface area contributed by atoms with E-state index in [0.717, 1.165) is 6.42 Å². The summed E-state index contributed by atoms with van der Waals surface area (Å²) in [5.74, 6) is 0. The van der Waals surface area contributed by atoms with Gasteiger partial charge >= 0.3 is 0 Å². The van der Waals surface area contributed by atoms with Crippen molar-refractivity contribution in [2.75, 3.05) is 31.3 Å². The summed E-state index contributed by atoms with van der Waals surface area (Å²) in [5.41, 5.74) is 6.57. The van der Waals surface area contributed by atoms with Gasteiger partial charge < -0.3 is 15.8 Å². The number of para-hydroxylation sites is 1. The van der Waals surface area contributed by atoms with E-state index in [0.29, 0.717) is 18.8 Å². The lowest BCUT2D eigenvalue weighted by atomic mass is 9.89. The van der Waals surface area contributed by atoms with E-state index >= 15 is 0 Å². The number of methoxy groups -OCH3 is 1. The predicted octanol–water partition coefficient (Wildman–Crippen LogP) is 1.39. The van der Waals surface area contributed by atoms with Crippen LogP contribution in [-0.2, 0) is 14.8 Å². The summed E-state index contributed by atoms with van der Waals surface area (Å²) in [7, 11) is -2.15. The third-order valence-electron chi connectivity index (χ3n) is 3.11. The molecule has 20 heavy (non-hydrogen) atoms. The van der Waals surface area contributed by atoms with Crippen LogP contribution >= 0.6 is 0 Å². The van der Waals surface area contributed by atoms with Crippen LogP contribution in [0.3, 0.4) is 0 Å². The Balaban J connectivity index is 2.84. The first-order valence-corrected chi connectivity index (χ1v) is 7.86. The van der Waals surface area contributed by atoms with E-state index in [2.05, 4.69) is 19.2 Å². The Kier molecular flexibility index (Phi) is 5.38. The number of nitrogens with two attached hydrogens (primary N) is 2. The molecule has 0 aromatic heterocycles. The van der Waals surface area contributed by atoms with E-state index < -0.39 is 10.0 Å². The van der Waals surface area contributed by atoms with Gasteiger partial charge in [0.15, 0.2) is 0 Å². The van der Waals surface area contributed by atoms with Gasteiger partial charge in [0, 0.05) is 20.3 Å². The van der Waals surface area contributed by atoms with E-state index in [1.165, 1.54) is 6.07 Å². The largest absolute Gasteiger partial charge is 0.396 e. The molecule has 0 saturated carbocycles.